The average molecular weight is 211 g/mol. The Morgan fingerprint density at radius 2 is 2.14 bits per heavy atom. The largest absolute Gasteiger partial charge is 0.396 e. The predicted molar refractivity (Wildman–Crippen MR) is 56.6 cm³/mol. The lowest BCUT2D eigenvalue weighted by molar-refractivity contribution is 0.737. The maximum atomic E-state index is 8.76. The lowest BCUT2D eigenvalue weighted by Crippen LogP contribution is -2.20. The first-order chi connectivity index (χ1) is 6.60. The summed E-state index contributed by atoms with van der Waals surface area (Å²) in [7, 11) is 0. The van der Waals surface area contributed by atoms with Crippen molar-refractivity contribution < 1.29 is 0 Å². The van der Waals surface area contributed by atoms with E-state index in [0.717, 1.165) is 5.56 Å². The van der Waals surface area contributed by atoms with E-state index in [2.05, 4.69) is 0 Å². The van der Waals surface area contributed by atoms with E-state index in [1.165, 1.54) is 0 Å². The zero-order valence-electron chi connectivity index (χ0n) is 7.50. The fourth-order valence-corrected chi connectivity index (χ4v) is 1.31. The van der Waals surface area contributed by atoms with E-state index in [1.807, 2.05) is 6.07 Å². The molecular weight excluding hydrogens is 200 g/mol. The van der Waals surface area contributed by atoms with Crippen LogP contribution >= 0.6 is 11.6 Å². The number of nitrogens with zero attached hydrogens (tertiary/aromatic N) is 1. The maximum Gasteiger partial charge on any atom is 0.101 e. The SMILES string of the molecule is N#Cc1cc(C(N)CN)cc(Cl)c1N. The Hall–Kier alpha value is -1.28. The van der Waals surface area contributed by atoms with E-state index in [1.54, 1.807) is 12.1 Å². The fourth-order valence-electron chi connectivity index (χ4n) is 1.08. The molecule has 0 aromatic heterocycles. The molecule has 1 aromatic carbocycles. The summed E-state index contributed by atoms with van der Waals surface area (Å²) in [6.07, 6.45) is 0. The molecule has 74 valence electrons. The highest BCUT2D eigenvalue weighted by molar-refractivity contribution is 6.33. The fraction of sp³-hybridized carbons (Fsp3) is 0.222. The van der Waals surface area contributed by atoms with Crippen LogP contribution in [0, 0.1) is 11.3 Å². The first kappa shape index (κ1) is 10.8. The van der Waals surface area contributed by atoms with Crippen LogP contribution in [0.1, 0.15) is 17.2 Å². The summed E-state index contributed by atoms with van der Waals surface area (Å²) in [4.78, 5) is 0. The van der Waals surface area contributed by atoms with Crippen LogP contribution in [0.5, 0.6) is 0 Å². The van der Waals surface area contributed by atoms with Gasteiger partial charge in [0.25, 0.3) is 0 Å². The number of halogens is 1. The number of benzene rings is 1. The van der Waals surface area contributed by atoms with E-state index < -0.39 is 0 Å². The van der Waals surface area contributed by atoms with Gasteiger partial charge >= 0.3 is 0 Å². The molecule has 0 saturated heterocycles. The topological polar surface area (TPSA) is 102 Å². The highest BCUT2D eigenvalue weighted by Gasteiger charge is 2.10. The van der Waals surface area contributed by atoms with Crippen molar-refractivity contribution in [2.45, 2.75) is 6.04 Å². The number of anilines is 1. The number of nitrogen functional groups attached to an aromatic ring is 1. The summed E-state index contributed by atoms with van der Waals surface area (Å²) in [5.74, 6) is 0. The van der Waals surface area contributed by atoms with E-state index >= 15 is 0 Å². The highest BCUT2D eigenvalue weighted by Crippen LogP contribution is 2.26. The number of rotatable bonds is 2. The molecule has 1 aromatic rings. The second kappa shape index (κ2) is 4.29. The van der Waals surface area contributed by atoms with Crippen LogP contribution in [0.25, 0.3) is 0 Å². The zero-order valence-corrected chi connectivity index (χ0v) is 8.25. The Labute approximate surface area is 87.2 Å². The second-order valence-electron chi connectivity index (χ2n) is 2.92. The van der Waals surface area contributed by atoms with Gasteiger partial charge in [-0.1, -0.05) is 11.6 Å². The van der Waals surface area contributed by atoms with Gasteiger partial charge in [-0.05, 0) is 17.7 Å². The van der Waals surface area contributed by atoms with E-state index in [0.29, 0.717) is 17.1 Å². The molecule has 0 bridgehead atoms. The minimum absolute atomic E-state index is 0.280. The maximum absolute atomic E-state index is 8.76. The minimum atomic E-state index is -0.319. The highest BCUT2D eigenvalue weighted by atomic mass is 35.5. The second-order valence-corrected chi connectivity index (χ2v) is 3.33. The lowest BCUT2D eigenvalue weighted by Gasteiger charge is -2.11. The molecular formula is C9H11ClN4. The van der Waals surface area contributed by atoms with Crippen LogP contribution in [0.15, 0.2) is 12.1 Å². The summed E-state index contributed by atoms with van der Waals surface area (Å²) in [6, 6.07) is 4.87. The molecule has 5 heteroatoms. The van der Waals surface area contributed by atoms with Gasteiger partial charge in [0.1, 0.15) is 6.07 Å². The van der Waals surface area contributed by atoms with Crippen molar-refractivity contribution in [3.63, 3.8) is 0 Å². The first-order valence-electron chi connectivity index (χ1n) is 4.04. The molecule has 0 aliphatic rings. The summed E-state index contributed by atoms with van der Waals surface area (Å²) in [5.41, 5.74) is 18.0. The molecule has 4 nitrogen and oxygen atoms in total. The molecule has 1 atom stereocenters. The number of nitriles is 1. The number of hydrogen-bond donors (Lipinski definition) is 3. The predicted octanol–water partition coefficient (Wildman–Crippen LogP) is 0.752. The number of hydrogen-bond acceptors (Lipinski definition) is 4. The molecule has 0 heterocycles. The Morgan fingerprint density at radius 1 is 1.50 bits per heavy atom. The van der Waals surface area contributed by atoms with Crippen molar-refractivity contribution in [3.05, 3.63) is 28.3 Å². The van der Waals surface area contributed by atoms with Crippen LogP contribution in [0.4, 0.5) is 5.69 Å². The smallest absolute Gasteiger partial charge is 0.101 e. The van der Waals surface area contributed by atoms with E-state index in [-0.39, 0.29) is 11.7 Å². The van der Waals surface area contributed by atoms with Gasteiger partial charge < -0.3 is 17.2 Å². The monoisotopic (exact) mass is 210 g/mol. The van der Waals surface area contributed by atoms with Crippen molar-refractivity contribution >= 4 is 17.3 Å². The van der Waals surface area contributed by atoms with Gasteiger partial charge in [-0.3, -0.25) is 0 Å². The van der Waals surface area contributed by atoms with Gasteiger partial charge in [0, 0.05) is 12.6 Å². The van der Waals surface area contributed by atoms with Crippen molar-refractivity contribution in [1.29, 1.82) is 5.26 Å². The summed E-state index contributed by atoms with van der Waals surface area (Å²) >= 11 is 5.83. The Bertz CT molecular complexity index is 383. The van der Waals surface area contributed by atoms with Crippen LogP contribution in [0.2, 0.25) is 5.02 Å². The normalized spacial score (nSPS) is 12.1. The molecule has 0 amide bonds. The average Bonchev–Trinajstić information content (AvgIpc) is 2.20. The van der Waals surface area contributed by atoms with Gasteiger partial charge in [-0.25, -0.2) is 0 Å². The first-order valence-corrected chi connectivity index (χ1v) is 4.42. The molecule has 0 fully saturated rings. The van der Waals surface area contributed by atoms with Crippen molar-refractivity contribution in [2.24, 2.45) is 11.5 Å². The van der Waals surface area contributed by atoms with Gasteiger partial charge in [0.2, 0.25) is 0 Å². The van der Waals surface area contributed by atoms with Crippen molar-refractivity contribution in [2.75, 3.05) is 12.3 Å². The van der Waals surface area contributed by atoms with Gasteiger partial charge in [-0.2, -0.15) is 5.26 Å². The molecule has 6 N–H and O–H groups in total. The summed E-state index contributed by atoms with van der Waals surface area (Å²) in [5, 5.41) is 9.10. The van der Waals surface area contributed by atoms with E-state index in [4.69, 9.17) is 34.1 Å². The summed E-state index contributed by atoms with van der Waals surface area (Å²) in [6.45, 7) is 0.297. The van der Waals surface area contributed by atoms with Gasteiger partial charge in [-0.15, -0.1) is 0 Å². The molecule has 1 unspecified atom stereocenters. The minimum Gasteiger partial charge on any atom is -0.396 e. The molecule has 0 radical (unpaired) electrons. The standard InChI is InChI=1S/C9H11ClN4/c10-7-2-5(8(13)4-12)1-6(3-11)9(7)14/h1-2,8H,4,12-14H2. The molecule has 14 heavy (non-hydrogen) atoms. The third-order valence-electron chi connectivity index (χ3n) is 1.95. The lowest BCUT2D eigenvalue weighted by atomic mass is 10.0. The van der Waals surface area contributed by atoms with Crippen molar-refractivity contribution in [1.82, 2.24) is 0 Å². The Kier molecular flexibility index (Phi) is 3.31. The third-order valence-corrected chi connectivity index (χ3v) is 2.27. The zero-order chi connectivity index (χ0) is 10.7. The van der Waals surface area contributed by atoms with Gasteiger partial charge in [0.15, 0.2) is 0 Å². The third kappa shape index (κ3) is 1.96. The Morgan fingerprint density at radius 3 is 2.64 bits per heavy atom. The quantitative estimate of drug-likeness (QED) is 0.627. The molecule has 0 aliphatic carbocycles. The Balaban J connectivity index is 3.24. The molecule has 1 rings (SSSR count). The molecule has 0 saturated carbocycles. The van der Waals surface area contributed by atoms with E-state index in [9.17, 15) is 0 Å². The van der Waals surface area contributed by atoms with Crippen LogP contribution < -0.4 is 17.2 Å². The number of nitrogens with two attached hydrogens (primary N) is 3. The van der Waals surface area contributed by atoms with Crippen LogP contribution in [0.3, 0.4) is 0 Å². The van der Waals surface area contributed by atoms with Crippen LogP contribution in [-0.2, 0) is 0 Å². The van der Waals surface area contributed by atoms with Gasteiger partial charge in [0.05, 0.1) is 16.3 Å². The summed E-state index contributed by atoms with van der Waals surface area (Å²) < 4.78 is 0. The molecule has 0 spiro atoms. The van der Waals surface area contributed by atoms with Crippen molar-refractivity contribution in [3.8, 4) is 6.07 Å². The molecule has 0 aliphatic heterocycles. The van der Waals surface area contributed by atoms with Crippen LogP contribution in [-0.4, -0.2) is 6.54 Å².